The Hall–Kier alpha value is -2.15. The lowest BCUT2D eigenvalue weighted by Gasteiger charge is -2.08. The van der Waals surface area contributed by atoms with E-state index in [1.807, 2.05) is 13.0 Å². The predicted octanol–water partition coefficient (Wildman–Crippen LogP) is 1.80. The first-order chi connectivity index (χ1) is 9.52. The Bertz CT molecular complexity index is 959. The molecule has 0 bridgehead atoms. The summed E-state index contributed by atoms with van der Waals surface area (Å²) in [6.07, 6.45) is 0.792. The van der Waals surface area contributed by atoms with Crippen LogP contribution in [0.4, 0.5) is 0 Å². The van der Waals surface area contributed by atoms with Gasteiger partial charge in [0.15, 0.2) is 0 Å². The molecule has 0 fully saturated rings. The second-order valence-electron chi connectivity index (χ2n) is 4.42. The molecule has 0 saturated carbocycles. The summed E-state index contributed by atoms with van der Waals surface area (Å²) in [7, 11) is 0. The van der Waals surface area contributed by atoms with Crippen molar-refractivity contribution in [3.63, 3.8) is 0 Å². The third-order valence-electron chi connectivity index (χ3n) is 3.21. The van der Waals surface area contributed by atoms with Gasteiger partial charge in [0.1, 0.15) is 16.7 Å². The summed E-state index contributed by atoms with van der Waals surface area (Å²) in [4.78, 5) is 27.8. The third-order valence-corrected chi connectivity index (χ3v) is 3.84. The molecule has 0 amide bonds. The van der Waals surface area contributed by atoms with E-state index in [0.29, 0.717) is 15.4 Å². The van der Waals surface area contributed by atoms with Crippen molar-refractivity contribution in [3.05, 3.63) is 42.9 Å². The maximum atomic E-state index is 11.8. The topological polar surface area (TPSA) is 98.8 Å². The summed E-state index contributed by atoms with van der Waals surface area (Å²) in [5.74, 6) is -0.244. The number of rotatable bonds is 1. The Morgan fingerprint density at radius 1 is 1.20 bits per heavy atom. The number of nitrogens with one attached hydrogen (secondary N) is 2. The van der Waals surface area contributed by atoms with Gasteiger partial charge < -0.3 is 5.11 Å². The molecule has 6 nitrogen and oxygen atoms in total. The standard InChI is InChI=1S/C13H10BrN3O3/c1-2-5-3-6(14)8-7(4-5)15-10-9(11(8)18)12(19)16-17-13(10)20/h3-4H,2H2,1H3,(H,15,18)(H,16,19)(H,17,20). The molecule has 1 aromatic carbocycles. The van der Waals surface area contributed by atoms with Crippen molar-refractivity contribution in [1.29, 1.82) is 0 Å². The van der Waals surface area contributed by atoms with E-state index < -0.39 is 11.1 Å². The highest BCUT2D eigenvalue weighted by Crippen LogP contribution is 2.35. The summed E-state index contributed by atoms with van der Waals surface area (Å²) >= 11 is 3.37. The molecule has 0 spiro atoms. The van der Waals surface area contributed by atoms with E-state index in [-0.39, 0.29) is 16.7 Å². The molecule has 2 heterocycles. The van der Waals surface area contributed by atoms with Gasteiger partial charge in [-0.3, -0.25) is 19.8 Å². The number of hydrogen-bond acceptors (Lipinski definition) is 4. The van der Waals surface area contributed by atoms with E-state index in [1.54, 1.807) is 6.07 Å². The van der Waals surface area contributed by atoms with E-state index in [2.05, 4.69) is 31.1 Å². The fourth-order valence-corrected chi connectivity index (χ4v) is 2.89. The number of H-pyrrole nitrogens is 2. The number of nitrogens with zero attached hydrogens (tertiary/aromatic N) is 1. The normalized spacial score (nSPS) is 11.3. The average molecular weight is 336 g/mol. The summed E-state index contributed by atoms with van der Waals surface area (Å²) < 4.78 is 0.637. The van der Waals surface area contributed by atoms with Crippen LogP contribution in [0.15, 0.2) is 26.2 Å². The molecule has 0 radical (unpaired) electrons. The van der Waals surface area contributed by atoms with Gasteiger partial charge in [-0.15, -0.1) is 0 Å². The van der Waals surface area contributed by atoms with E-state index in [9.17, 15) is 14.7 Å². The number of fused-ring (bicyclic) bond motifs is 2. The van der Waals surface area contributed by atoms with Crippen molar-refractivity contribution in [2.75, 3.05) is 0 Å². The van der Waals surface area contributed by atoms with Crippen LogP contribution in [0.25, 0.3) is 21.8 Å². The van der Waals surface area contributed by atoms with Crippen LogP contribution in [-0.2, 0) is 6.42 Å². The maximum Gasteiger partial charge on any atom is 0.289 e. The lowest BCUT2D eigenvalue weighted by atomic mass is 10.1. The van der Waals surface area contributed by atoms with Gasteiger partial charge in [0.25, 0.3) is 11.1 Å². The highest BCUT2D eigenvalue weighted by atomic mass is 79.9. The van der Waals surface area contributed by atoms with Crippen LogP contribution in [0.2, 0.25) is 0 Å². The average Bonchev–Trinajstić information content (AvgIpc) is 2.42. The highest BCUT2D eigenvalue weighted by Gasteiger charge is 2.16. The molecule has 3 rings (SSSR count). The maximum absolute atomic E-state index is 11.8. The number of pyridine rings is 1. The molecule has 0 aliphatic heterocycles. The van der Waals surface area contributed by atoms with Crippen LogP contribution in [0.5, 0.6) is 5.75 Å². The van der Waals surface area contributed by atoms with Crippen molar-refractivity contribution in [2.45, 2.75) is 13.3 Å². The van der Waals surface area contributed by atoms with Gasteiger partial charge in [-0.25, -0.2) is 4.98 Å². The predicted molar refractivity (Wildman–Crippen MR) is 79.2 cm³/mol. The highest BCUT2D eigenvalue weighted by molar-refractivity contribution is 9.10. The number of aromatic nitrogens is 3. The van der Waals surface area contributed by atoms with Crippen LogP contribution in [0.1, 0.15) is 12.5 Å². The number of aryl methyl sites for hydroxylation is 1. The first-order valence-electron chi connectivity index (χ1n) is 5.98. The Morgan fingerprint density at radius 3 is 2.60 bits per heavy atom. The molecule has 7 heteroatoms. The second kappa shape index (κ2) is 4.45. The van der Waals surface area contributed by atoms with Crippen molar-refractivity contribution in [3.8, 4) is 5.75 Å². The first-order valence-corrected chi connectivity index (χ1v) is 6.78. The third kappa shape index (κ3) is 1.74. The molecule has 20 heavy (non-hydrogen) atoms. The molecule has 3 aromatic rings. The van der Waals surface area contributed by atoms with Gasteiger partial charge >= 0.3 is 0 Å². The van der Waals surface area contributed by atoms with E-state index in [4.69, 9.17) is 0 Å². The quantitative estimate of drug-likeness (QED) is 0.590. The molecule has 102 valence electrons. The fraction of sp³-hybridized carbons (Fsp3) is 0.154. The number of hydrogen-bond donors (Lipinski definition) is 3. The summed E-state index contributed by atoms with van der Waals surface area (Å²) in [6.45, 7) is 1.99. The fourth-order valence-electron chi connectivity index (χ4n) is 2.20. The van der Waals surface area contributed by atoms with Gasteiger partial charge in [0, 0.05) is 4.47 Å². The smallest absolute Gasteiger partial charge is 0.289 e. The molecular weight excluding hydrogens is 326 g/mol. The molecule has 0 aliphatic carbocycles. The lowest BCUT2D eigenvalue weighted by Crippen LogP contribution is -2.20. The van der Waals surface area contributed by atoms with Crippen molar-refractivity contribution in [1.82, 2.24) is 15.2 Å². The van der Waals surface area contributed by atoms with Gasteiger partial charge in [0.05, 0.1) is 10.9 Å². The summed E-state index contributed by atoms with van der Waals surface area (Å²) in [6, 6.07) is 3.65. The Labute approximate surface area is 120 Å². The SMILES string of the molecule is CCc1cc(Br)c2c(O)c3c(=O)[nH][nH]c(=O)c3nc2c1. The Kier molecular flexibility index (Phi) is 2.86. The minimum atomic E-state index is -0.585. The van der Waals surface area contributed by atoms with E-state index >= 15 is 0 Å². The summed E-state index contributed by atoms with van der Waals surface area (Å²) in [5, 5.41) is 15.0. The minimum Gasteiger partial charge on any atom is -0.506 e. The zero-order valence-electron chi connectivity index (χ0n) is 10.5. The van der Waals surface area contributed by atoms with Crippen molar-refractivity contribution < 1.29 is 5.11 Å². The van der Waals surface area contributed by atoms with Crippen molar-refractivity contribution >= 4 is 37.7 Å². The van der Waals surface area contributed by atoms with E-state index in [1.165, 1.54) is 0 Å². The molecule has 0 aliphatic rings. The molecule has 0 atom stereocenters. The first kappa shape index (κ1) is 12.9. The molecule has 3 N–H and O–H groups in total. The Morgan fingerprint density at radius 2 is 1.90 bits per heavy atom. The molecule has 2 aromatic heterocycles. The van der Waals surface area contributed by atoms with Gasteiger partial charge in [-0.2, -0.15) is 0 Å². The van der Waals surface area contributed by atoms with Gasteiger partial charge in [0.2, 0.25) is 0 Å². The zero-order chi connectivity index (χ0) is 14.4. The number of aromatic amines is 2. The Balaban J connectivity index is 2.65. The number of benzene rings is 1. The van der Waals surface area contributed by atoms with Gasteiger partial charge in [-0.05, 0) is 40.0 Å². The lowest BCUT2D eigenvalue weighted by molar-refractivity contribution is 0.486. The number of aromatic hydroxyl groups is 1. The van der Waals surface area contributed by atoms with Gasteiger partial charge in [-0.1, -0.05) is 6.92 Å². The monoisotopic (exact) mass is 335 g/mol. The van der Waals surface area contributed by atoms with E-state index in [0.717, 1.165) is 12.0 Å². The molecule has 0 unspecified atom stereocenters. The molecule has 0 saturated heterocycles. The zero-order valence-corrected chi connectivity index (χ0v) is 12.0. The second-order valence-corrected chi connectivity index (χ2v) is 5.27. The van der Waals surface area contributed by atoms with Crippen LogP contribution in [0, 0.1) is 0 Å². The van der Waals surface area contributed by atoms with Crippen LogP contribution in [0.3, 0.4) is 0 Å². The summed E-state index contributed by atoms with van der Waals surface area (Å²) in [5.41, 5.74) is 0.279. The molecular formula is C13H10BrN3O3. The van der Waals surface area contributed by atoms with Crippen LogP contribution >= 0.6 is 15.9 Å². The van der Waals surface area contributed by atoms with Crippen molar-refractivity contribution in [2.24, 2.45) is 0 Å². The largest absolute Gasteiger partial charge is 0.506 e. The van der Waals surface area contributed by atoms with Crippen LogP contribution in [-0.4, -0.2) is 20.3 Å². The minimum absolute atomic E-state index is 0.0705. The number of halogens is 1. The van der Waals surface area contributed by atoms with Crippen LogP contribution < -0.4 is 11.1 Å².